The molecule has 0 aromatic heterocycles. The lowest BCUT2D eigenvalue weighted by atomic mass is 10.2. The first-order valence-corrected chi connectivity index (χ1v) is 3.87. The third-order valence-electron chi connectivity index (χ3n) is 1.44. The Hall–Kier alpha value is -1.55. The summed E-state index contributed by atoms with van der Waals surface area (Å²) >= 11 is 0. The van der Waals surface area contributed by atoms with Gasteiger partial charge in [-0.2, -0.15) is 0 Å². The smallest absolute Gasteiger partial charge is 0.275 e. The topological polar surface area (TPSA) is 52.4 Å². The van der Waals surface area contributed by atoms with Crippen molar-refractivity contribution in [3.8, 4) is 0 Å². The van der Waals surface area contributed by atoms with Crippen LogP contribution in [0.25, 0.3) is 0 Å². The van der Waals surface area contributed by atoms with Crippen LogP contribution >= 0.6 is 0 Å². The molecule has 1 aromatic carbocycles. The summed E-state index contributed by atoms with van der Waals surface area (Å²) in [6, 6.07) is 9.07. The molecular formula is C9H11N2O2. The first-order valence-electron chi connectivity index (χ1n) is 3.87. The zero-order chi connectivity index (χ0) is 9.52. The van der Waals surface area contributed by atoms with Crippen LogP contribution in [0.3, 0.4) is 0 Å². The first kappa shape index (κ1) is 9.54. The van der Waals surface area contributed by atoms with Gasteiger partial charge in [-0.1, -0.05) is 30.3 Å². The number of nitrogens with one attached hydrogen (secondary N) is 1. The minimum absolute atomic E-state index is 0.371. The van der Waals surface area contributed by atoms with Crippen molar-refractivity contribution in [3.05, 3.63) is 35.9 Å². The van der Waals surface area contributed by atoms with Crippen molar-refractivity contribution in [2.45, 2.75) is 6.54 Å². The van der Waals surface area contributed by atoms with Crippen molar-refractivity contribution in [2.24, 2.45) is 0 Å². The Bertz CT molecular complexity index is 262. The van der Waals surface area contributed by atoms with Gasteiger partial charge in [0.2, 0.25) is 0 Å². The van der Waals surface area contributed by atoms with Gasteiger partial charge in [0.25, 0.3) is 0 Å². The van der Waals surface area contributed by atoms with Crippen molar-refractivity contribution < 1.29 is 9.63 Å². The third kappa shape index (κ3) is 3.57. The van der Waals surface area contributed by atoms with E-state index in [0.717, 1.165) is 5.56 Å². The molecule has 0 atom stereocenters. The number of carbonyl (C=O) groups excluding carboxylic acids is 1. The molecule has 1 rings (SSSR count). The molecular weight excluding hydrogens is 168 g/mol. The lowest BCUT2D eigenvalue weighted by Gasteiger charge is -2.01. The van der Waals surface area contributed by atoms with Crippen LogP contribution < -0.4 is 10.8 Å². The monoisotopic (exact) mass is 179 g/mol. The highest BCUT2D eigenvalue weighted by molar-refractivity contribution is 5.72. The Labute approximate surface area is 76.9 Å². The third-order valence-corrected chi connectivity index (χ3v) is 1.44. The number of amides is 2. The van der Waals surface area contributed by atoms with E-state index in [9.17, 15) is 4.79 Å². The van der Waals surface area contributed by atoms with E-state index < -0.39 is 6.03 Å². The maximum Gasteiger partial charge on any atom is 0.360 e. The molecule has 1 radical (unpaired) electrons. The molecule has 1 aromatic rings. The maximum atomic E-state index is 10.8. The van der Waals surface area contributed by atoms with E-state index in [2.05, 4.69) is 15.6 Å². The Morgan fingerprint density at radius 3 is 2.77 bits per heavy atom. The van der Waals surface area contributed by atoms with E-state index in [1.807, 2.05) is 30.3 Å². The van der Waals surface area contributed by atoms with Gasteiger partial charge in [-0.05, 0) is 5.56 Å². The lowest BCUT2D eigenvalue weighted by molar-refractivity contribution is 0.107. The van der Waals surface area contributed by atoms with E-state index in [1.54, 1.807) is 0 Å². The van der Waals surface area contributed by atoms with Crippen molar-refractivity contribution in [1.82, 2.24) is 10.8 Å². The summed E-state index contributed by atoms with van der Waals surface area (Å²) < 4.78 is 0. The van der Waals surface area contributed by atoms with Gasteiger partial charge in [-0.3, -0.25) is 4.84 Å². The fraction of sp³-hybridized carbons (Fsp3) is 0.222. The molecule has 4 nitrogen and oxygen atoms in total. The normalized spacial score (nSPS) is 9.31. The quantitative estimate of drug-likeness (QED) is 0.705. The van der Waals surface area contributed by atoms with Gasteiger partial charge in [0.05, 0.1) is 13.7 Å². The standard InChI is InChI=1S/C9H11N2O2/c1-13-11-9(12)10-7-8-5-3-2-4-6-8/h2-6H,7H2,1H3,(H,11,12). The zero-order valence-electron chi connectivity index (χ0n) is 7.36. The van der Waals surface area contributed by atoms with E-state index >= 15 is 0 Å². The second-order valence-corrected chi connectivity index (χ2v) is 2.41. The number of urea groups is 1. The predicted molar refractivity (Wildman–Crippen MR) is 47.8 cm³/mol. The highest BCUT2D eigenvalue weighted by Gasteiger charge is 1.99. The summed E-state index contributed by atoms with van der Waals surface area (Å²) in [5.41, 5.74) is 3.10. The van der Waals surface area contributed by atoms with Gasteiger partial charge in [0.1, 0.15) is 0 Å². The number of hydrogen-bond donors (Lipinski definition) is 1. The second kappa shape index (κ2) is 5.16. The first-order chi connectivity index (χ1) is 6.33. The minimum atomic E-state index is -0.466. The zero-order valence-corrected chi connectivity index (χ0v) is 7.36. The molecule has 0 spiro atoms. The van der Waals surface area contributed by atoms with Crippen LogP contribution in [-0.2, 0) is 11.4 Å². The van der Waals surface area contributed by atoms with E-state index in [-0.39, 0.29) is 0 Å². The molecule has 0 aliphatic heterocycles. The average Bonchev–Trinajstić information content (AvgIpc) is 2.17. The Morgan fingerprint density at radius 2 is 2.15 bits per heavy atom. The Morgan fingerprint density at radius 1 is 1.46 bits per heavy atom. The van der Waals surface area contributed by atoms with Gasteiger partial charge >= 0.3 is 6.03 Å². The molecule has 0 unspecified atom stereocenters. The predicted octanol–water partition coefficient (Wildman–Crippen LogP) is 1.06. The summed E-state index contributed by atoms with van der Waals surface area (Å²) in [6.45, 7) is 0.371. The second-order valence-electron chi connectivity index (χ2n) is 2.41. The van der Waals surface area contributed by atoms with Crippen LogP contribution in [0, 0.1) is 0 Å². The molecule has 0 fully saturated rings. The highest BCUT2D eigenvalue weighted by atomic mass is 16.6. The highest BCUT2D eigenvalue weighted by Crippen LogP contribution is 1.97. The fourth-order valence-electron chi connectivity index (χ4n) is 0.866. The van der Waals surface area contributed by atoms with Crippen LogP contribution in [0.1, 0.15) is 5.56 Å². The van der Waals surface area contributed by atoms with Crippen LogP contribution in [0.4, 0.5) is 4.79 Å². The molecule has 4 heteroatoms. The van der Waals surface area contributed by atoms with Gasteiger partial charge in [0, 0.05) is 0 Å². The van der Waals surface area contributed by atoms with E-state index in [4.69, 9.17) is 0 Å². The summed E-state index contributed by atoms with van der Waals surface area (Å²) in [7, 11) is 1.37. The van der Waals surface area contributed by atoms with Gasteiger partial charge in [-0.25, -0.2) is 15.6 Å². The molecule has 0 bridgehead atoms. The minimum Gasteiger partial charge on any atom is -0.275 e. The van der Waals surface area contributed by atoms with Crippen LogP contribution in [-0.4, -0.2) is 13.1 Å². The van der Waals surface area contributed by atoms with Crippen LogP contribution in [0.15, 0.2) is 30.3 Å². The molecule has 13 heavy (non-hydrogen) atoms. The summed E-state index contributed by atoms with van der Waals surface area (Å²) in [5, 5.41) is 3.71. The van der Waals surface area contributed by atoms with Crippen molar-refractivity contribution in [1.29, 1.82) is 0 Å². The number of nitrogens with zero attached hydrogens (tertiary/aromatic N) is 1. The van der Waals surface area contributed by atoms with Crippen molar-refractivity contribution in [3.63, 3.8) is 0 Å². The van der Waals surface area contributed by atoms with Crippen molar-refractivity contribution >= 4 is 6.03 Å². The summed E-state index contributed by atoms with van der Waals surface area (Å²) in [6.07, 6.45) is 0. The molecule has 2 amide bonds. The van der Waals surface area contributed by atoms with Crippen LogP contribution in [0.2, 0.25) is 0 Å². The molecule has 0 heterocycles. The number of benzene rings is 1. The molecule has 69 valence electrons. The van der Waals surface area contributed by atoms with Gasteiger partial charge in [0.15, 0.2) is 0 Å². The number of carbonyl (C=O) groups is 1. The lowest BCUT2D eigenvalue weighted by Crippen LogP contribution is -2.28. The fourth-order valence-corrected chi connectivity index (χ4v) is 0.866. The molecule has 0 saturated carbocycles. The molecule has 0 aliphatic rings. The Kier molecular flexibility index (Phi) is 3.78. The number of hydroxylamine groups is 1. The number of rotatable bonds is 3. The van der Waals surface area contributed by atoms with E-state index in [0.29, 0.717) is 6.54 Å². The molecule has 0 saturated heterocycles. The van der Waals surface area contributed by atoms with Crippen LogP contribution in [0.5, 0.6) is 0 Å². The summed E-state index contributed by atoms with van der Waals surface area (Å²) in [5.74, 6) is 0. The maximum absolute atomic E-state index is 10.8. The van der Waals surface area contributed by atoms with E-state index in [1.165, 1.54) is 7.11 Å². The molecule has 0 aliphatic carbocycles. The Balaban J connectivity index is 2.31. The molecule has 1 N–H and O–H groups in total. The van der Waals surface area contributed by atoms with Crippen molar-refractivity contribution in [2.75, 3.05) is 7.11 Å². The average molecular weight is 179 g/mol. The number of hydrogen-bond acceptors (Lipinski definition) is 2. The SMILES string of the molecule is CONC(=O)[N]Cc1ccccc1. The summed E-state index contributed by atoms with van der Waals surface area (Å²) in [4.78, 5) is 15.2. The van der Waals surface area contributed by atoms with Gasteiger partial charge in [-0.15, -0.1) is 0 Å². The van der Waals surface area contributed by atoms with Gasteiger partial charge < -0.3 is 0 Å². The largest absolute Gasteiger partial charge is 0.360 e.